The third kappa shape index (κ3) is 2.69. The van der Waals surface area contributed by atoms with Crippen molar-refractivity contribution in [2.45, 2.75) is 13.5 Å². The fourth-order valence-corrected chi connectivity index (χ4v) is 3.57. The number of methoxy groups -OCH3 is 2. The number of ether oxygens (including phenoxy) is 3. The summed E-state index contributed by atoms with van der Waals surface area (Å²) in [5.74, 6) is 0.691. The monoisotopic (exact) mass is 348 g/mol. The summed E-state index contributed by atoms with van der Waals surface area (Å²) in [6.45, 7) is 1.83. The molecule has 0 saturated heterocycles. The molecule has 2 aromatic heterocycles. The maximum Gasteiger partial charge on any atom is 0.326 e. The first-order chi connectivity index (χ1) is 11.6. The minimum absolute atomic E-state index is 0.156. The average Bonchev–Trinajstić information content (AvgIpc) is 2.94. The average molecular weight is 348 g/mol. The fourth-order valence-electron chi connectivity index (χ4n) is 2.45. The number of carbonyl (C=O) groups is 1. The molecule has 3 rings (SSSR count). The third-order valence-electron chi connectivity index (χ3n) is 3.55. The molecule has 0 atom stereocenters. The molecule has 0 amide bonds. The molecular formula is C16H16N2O5S. The number of fused-ring (bicyclic) bond motifs is 3. The van der Waals surface area contributed by atoms with Crippen molar-refractivity contribution in [3.05, 3.63) is 28.8 Å². The molecule has 3 aromatic rings. The van der Waals surface area contributed by atoms with E-state index in [9.17, 15) is 9.59 Å². The highest BCUT2D eigenvalue weighted by Gasteiger charge is 2.16. The van der Waals surface area contributed by atoms with Crippen LogP contribution in [0.5, 0.6) is 11.5 Å². The summed E-state index contributed by atoms with van der Waals surface area (Å²) in [6.07, 6.45) is 1.37. The predicted octanol–water partition coefficient (Wildman–Crippen LogP) is 2.19. The Morgan fingerprint density at radius 1 is 1.25 bits per heavy atom. The number of rotatable bonds is 5. The van der Waals surface area contributed by atoms with Crippen LogP contribution in [-0.2, 0) is 16.1 Å². The molecule has 7 nitrogen and oxygen atoms in total. The number of aromatic nitrogens is 2. The number of nitrogens with zero attached hydrogens (tertiary/aromatic N) is 2. The number of carbonyl (C=O) groups excluding carboxylic acids is 1. The first-order valence-corrected chi connectivity index (χ1v) is 8.10. The molecule has 0 spiro atoms. The lowest BCUT2D eigenvalue weighted by Gasteiger charge is -2.07. The zero-order valence-corrected chi connectivity index (χ0v) is 14.3. The van der Waals surface area contributed by atoms with Gasteiger partial charge in [0, 0.05) is 16.2 Å². The van der Waals surface area contributed by atoms with Crippen LogP contribution in [0.25, 0.3) is 20.3 Å². The molecule has 0 fully saturated rings. The zero-order chi connectivity index (χ0) is 17.3. The van der Waals surface area contributed by atoms with Crippen molar-refractivity contribution in [3.8, 4) is 11.5 Å². The number of benzene rings is 1. The molecule has 1 aromatic carbocycles. The summed E-state index contributed by atoms with van der Waals surface area (Å²) in [6, 6.07) is 3.62. The van der Waals surface area contributed by atoms with Gasteiger partial charge in [-0.05, 0) is 13.0 Å². The van der Waals surface area contributed by atoms with Gasteiger partial charge in [-0.25, -0.2) is 4.98 Å². The van der Waals surface area contributed by atoms with Crippen molar-refractivity contribution >= 4 is 37.6 Å². The molecule has 0 saturated carbocycles. The van der Waals surface area contributed by atoms with Gasteiger partial charge < -0.3 is 14.2 Å². The first kappa shape index (κ1) is 16.3. The van der Waals surface area contributed by atoms with Crippen molar-refractivity contribution in [2.75, 3.05) is 20.8 Å². The standard InChI is InChI=1S/C16H16N2O5S/c1-4-23-13(19)7-18-8-17-14-9-5-10(21-2)11(22-3)6-12(9)24-15(14)16(18)20/h5-6,8H,4,7H2,1-3H3. The van der Waals surface area contributed by atoms with Crippen molar-refractivity contribution in [1.82, 2.24) is 9.55 Å². The van der Waals surface area contributed by atoms with Gasteiger partial charge >= 0.3 is 5.97 Å². The summed E-state index contributed by atoms with van der Waals surface area (Å²) in [4.78, 5) is 28.6. The maximum absolute atomic E-state index is 12.6. The maximum atomic E-state index is 12.6. The highest BCUT2D eigenvalue weighted by molar-refractivity contribution is 7.25. The van der Waals surface area contributed by atoms with Crippen LogP contribution < -0.4 is 15.0 Å². The zero-order valence-electron chi connectivity index (χ0n) is 13.5. The van der Waals surface area contributed by atoms with Crippen LogP contribution in [0.3, 0.4) is 0 Å². The minimum atomic E-state index is -0.467. The van der Waals surface area contributed by atoms with Crippen LogP contribution in [0.15, 0.2) is 23.3 Å². The van der Waals surface area contributed by atoms with Crippen molar-refractivity contribution < 1.29 is 19.0 Å². The number of esters is 1. The molecule has 126 valence electrons. The second-order valence-corrected chi connectivity index (χ2v) is 6.02. The van der Waals surface area contributed by atoms with Gasteiger partial charge in [-0.15, -0.1) is 11.3 Å². The molecule has 0 radical (unpaired) electrons. The van der Waals surface area contributed by atoms with Crippen LogP contribution in [-0.4, -0.2) is 36.3 Å². The van der Waals surface area contributed by atoms with Gasteiger partial charge in [0.2, 0.25) is 0 Å². The van der Waals surface area contributed by atoms with Gasteiger partial charge in [0.15, 0.2) is 11.5 Å². The van der Waals surface area contributed by atoms with E-state index < -0.39 is 5.97 Å². The molecule has 2 heterocycles. The van der Waals surface area contributed by atoms with Gasteiger partial charge in [0.25, 0.3) is 5.56 Å². The number of hydrogen-bond donors (Lipinski definition) is 0. The molecule has 0 aliphatic heterocycles. The third-order valence-corrected chi connectivity index (χ3v) is 4.68. The van der Waals surface area contributed by atoms with E-state index in [0.717, 1.165) is 10.1 Å². The fraction of sp³-hybridized carbons (Fsp3) is 0.312. The molecule has 0 unspecified atom stereocenters. The van der Waals surface area contributed by atoms with Gasteiger partial charge in [0.05, 0.1) is 32.7 Å². The molecule has 0 N–H and O–H groups in total. The van der Waals surface area contributed by atoms with E-state index in [2.05, 4.69) is 4.98 Å². The Morgan fingerprint density at radius 2 is 1.96 bits per heavy atom. The number of thiophene rings is 1. The second kappa shape index (κ2) is 6.48. The SMILES string of the molecule is CCOC(=O)Cn1cnc2c(sc3cc(OC)c(OC)cc32)c1=O. The molecule has 0 aliphatic rings. The highest BCUT2D eigenvalue weighted by Crippen LogP contribution is 2.38. The molecule has 0 bridgehead atoms. The van der Waals surface area contributed by atoms with Gasteiger partial charge in [-0.3, -0.25) is 14.2 Å². The van der Waals surface area contributed by atoms with Crippen molar-refractivity contribution in [3.63, 3.8) is 0 Å². The lowest BCUT2D eigenvalue weighted by atomic mass is 10.2. The molecule has 8 heteroatoms. The summed E-state index contributed by atoms with van der Waals surface area (Å²) >= 11 is 1.31. The molecule has 0 aliphatic carbocycles. The van der Waals surface area contributed by atoms with Crippen molar-refractivity contribution in [1.29, 1.82) is 0 Å². The quantitative estimate of drug-likeness (QED) is 0.658. The van der Waals surface area contributed by atoms with Gasteiger partial charge in [-0.2, -0.15) is 0 Å². The van der Waals surface area contributed by atoms with Gasteiger partial charge in [-0.1, -0.05) is 0 Å². The lowest BCUT2D eigenvalue weighted by Crippen LogP contribution is -2.25. The van der Waals surface area contributed by atoms with E-state index in [-0.39, 0.29) is 18.7 Å². The molecule has 24 heavy (non-hydrogen) atoms. The Bertz CT molecular complexity index is 976. The van der Waals surface area contributed by atoms with Gasteiger partial charge in [0.1, 0.15) is 11.2 Å². The topological polar surface area (TPSA) is 79.7 Å². The van der Waals surface area contributed by atoms with E-state index in [4.69, 9.17) is 14.2 Å². The second-order valence-electron chi connectivity index (χ2n) is 4.97. The van der Waals surface area contributed by atoms with Crippen LogP contribution in [0.4, 0.5) is 0 Å². The Morgan fingerprint density at radius 3 is 2.62 bits per heavy atom. The Labute approximate surface area is 141 Å². The predicted molar refractivity (Wildman–Crippen MR) is 91.1 cm³/mol. The van der Waals surface area contributed by atoms with Crippen molar-refractivity contribution in [2.24, 2.45) is 0 Å². The Balaban J connectivity index is 2.17. The van der Waals surface area contributed by atoms with Crippen LogP contribution in [0.1, 0.15) is 6.92 Å². The van der Waals surface area contributed by atoms with E-state index in [1.807, 2.05) is 6.07 Å². The summed E-state index contributed by atoms with van der Waals surface area (Å²) in [5.41, 5.74) is 0.313. The van der Waals surface area contributed by atoms with E-state index >= 15 is 0 Å². The summed E-state index contributed by atoms with van der Waals surface area (Å²) < 4.78 is 18.1. The largest absolute Gasteiger partial charge is 0.493 e. The Kier molecular flexibility index (Phi) is 4.39. The Hall–Kier alpha value is -2.61. The first-order valence-electron chi connectivity index (χ1n) is 7.28. The van der Waals surface area contributed by atoms with E-state index in [0.29, 0.717) is 21.7 Å². The highest BCUT2D eigenvalue weighted by atomic mass is 32.1. The minimum Gasteiger partial charge on any atom is -0.493 e. The lowest BCUT2D eigenvalue weighted by molar-refractivity contribution is -0.143. The van der Waals surface area contributed by atoms with E-state index in [1.54, 1.807) is 27.2 Å². The van der Waals surface area contributed by atoms with Crippen LogP contribution in [0, 0.1) is 0 Å². The molecular weight excluding hydrogens is 332 g/mol. The summed E-state index contributed by atoms with van der Waals surface area (Å²) in [5, 5.41) is 0.813. The summed E-state index contributed by atoms with van der Waals surface area (Å²) in [7, 11) is 3.11. The normalized spacial score (nSPS) is 11.0. The number of hydrogen-bond acceptors (Lipinski definition) is 7. The van der Waals surface area contributed by atoms with E-state index in [1.165, 1.54) is 22.2 Å². The van der Waals surface area contributed by atoms with Crippen LogP contribution in [0.2, 0.25) is 0 Å². The van der Waals surface area contributed by atoms with Crippen LogP contribution >= 0.6 is 11.3 Å². The smallest absolute Gasteiger partial charge is 0.326 e.